The summed E-state index contributed by atoms with van der Waals surface area (Å²) in [6, 6.07) is 9.70. The van der Waals surface area contributed by atoms with E-state index in [9.17, 15) is 13.6 Å². The lowest BCUT2D eigenvalue weighted by Gasteiger charge is -2.14. The lowest BCUT2D eigenvalue weighted by Crippen LogP contribution is -2.27. The van der Waals surface area contributed by atoms with Crippen LogP contribution in [-0.2, 0) is 0 Å². The molecule has 0 spiro atoms. The fraction of sp³-hybridized carbons (Fsp3) is 0.211. The van der Waals surface area contributed by atoms with Gasteiger partial charge in [-0.2, -0.15) is 0 Å². The Labute approximate surface area is 154 Å². The van der Waals surface area contributed by atoms with Gasteiger partial charge in [0.05, 0.1) is 18.8 Å². The first kappa shape index (κ1) is 18.5. The highest BCUT2D eigenvalue weighted by Gasteiger charge is 2.18. The monoisotopic (exact) mass is 372 g/mol. The zero-order valence-electron chi connectivity index (χ0n) is 15.0. The molecule has 0 radical (unpaired) electrons. The van der Waals surface area contributed by atoms with Crippen LogP contribution in [0.4, 0.5) is 8.78 Å². The molecule has 140 valence electrons. The summed E-state index contributed by atoms with van der Waals surface area (Å²) < 4.78 is 33.3. The molecule has 1 amide bonds. The number of halogens is 2. The molecule has 0 aliphatic rings. The van der Waals surface area contributed by atoms with Crippen LogP contribution in [0.5, 0.6) is 5.75 Å². The van der Waals surface area contributed by atoms with Crippen LogP contribution in [0.3, 0.4) is 0 Å². The van der Waals surface area contributed by atoms with Crippen LogP contribution >= 0.6 is 0 Å². The molecule has 0 saturated carbocycles. The molecule has 0 saturated heterocycles. The molecule has 3 aromatic rings. The Kier molecular flexibility index (Phi) is 5.16. The molecule has 0 fully saturated rings. The standard InChI is InChI=1S/C19H18F2N4O2/c1-11(13-4-9-17(27-3)16(21)10-13)22-19(26)18-23-12(2)25(24-18)15-7-5-14(20)6-8-15/h4-11H,1-3H3,(H,22,26). The summed E-state index contributed by atoms with van der Waals surface area (Å²) >= 11 is 0. The van der Waals surface area contributed by atoms with E-state index in [1.807, 2.05) is 0 Å². The smallest absolute Gasteiger partial charge is 0.291 e. The Hall–Kier alpha value is -3.29. The van der Waals surface area contributed by atoms with Crippen molar-refractivity contribution >= 4 is 5.91 Å². The molecule has 1 aromatic heterocycles. The number of hydrogen-bond acceptors (Lipinski definition) is 4. The highest BCUT2D eigenvalue weighted by molar-refractivity contribution is 5.90. The normalized spacial score (nSPS) is 11.9. The first-order valence-electron chi connectivity index (χ1n) is 8.23. The third kappa shape index (κ3) is 3.94. The average molecular weight is 372 g/mol. The molecule has 1 unspecified atom stereocenters. The molecular weight excluding hydrogens is 354 g/mol. The maximum Gasteiger partial charge on any atom is 0.291 e. The number of rotatable bonds is 5. The molecule has 6 nitrogen and oxygen atoms in total. The minimum Gasteiger partial charge on any atom is -0.494 e. The van der Waals surface area contributed by atoms with Gasteiger partial charge in [-0.1, -0.05) is 6.07 Å². The summed E-state index contributed by atoms with van der Waals surface area (Å²) in [6.45, 7) is 3.42. The Balaban J connectivity index is 1.77. The van der Waals surface area contributed by atoms with Crippen LogP contribution in [0, 0.1) is 18.6 Å². The van der Waals surface area contributed by atoms with Gasteiger partial charge in [0.25, 0.3) is 5.91 Å². The first-order chi connectivity index (χ1) is 12.9. The fourth-order valence-electron chi connectivity index (χ4n) is 2.61. The fourth-order valence-corrected chi connectivity index (χ4v) is 2.61. The Morgan fingerprint density at radius 2 is 1.89 bits per heavy atom. The molecule has 3 rings (SSSR count). The van der Waals surface area contributed by atoms with Gasteiger partial charge in [0.15, 0.2) is 11.6 Å². The molecule has 1 heterocycles. The number of aryl methyl sites for hydroxylation is 1. The number of carbonyl (C=O) groups is 1. The Morgan fingerprint density at radius 1 is 1.19 bits per heavy atom. The van der Waals surface area contributed by atoms with Gasteiger partial charge >= 0.3 is 0 Å². The molecule has 0 bridgehead atoms. The number of aromatic nitrogens is 3. The van der Waals surface area contributed by atoms with Crippen molar-refractivity contribution in [2.45, 2.75) is 19.9 Å². The molecule has 0 aliphatic heterocycles. The summed E-state index contributed by atoms with van der Waals surface area (Å²) in [5.41, 5.74) is 1.17. The van der Waals surface area contributed by atoms with E-state index in [0.717, 1.165) is 0 Å². The predicted octanol–water partition coefficient (Wildman–Crippen LogP) is 3.35. The van der Waals surface area contributed by atoms with Gasteiger partial charge in [-0.25, -0.2) is 18.4 Å². The number of nitrogens with one attached hydrogen (secondary N) is 1. The third-order valence-electron chi connectivity index (χ3n) is 4.07. The van der Waals surface area contributed by atoms with E-state index in [1.54, 1.807) is 32.0 Å². The highest BCUT2D eigenvalue weighted by atomic mass is 19.1. The third-order valence-corrected chi connectivity index (χ3v) is 4.07. The molecule has 27 heavy (non-hydrogen) atoms. The Morgan fingerprint density at radius 3 is 2.52 bits per heavy atom. The SMILES string of the molecule is COc1ccc(C(C)NC(=O)c2nc(C)n(-c3ccc(F)cc3)n2)cc1F. The number of carbonyl (C=O) groups excluding carboxylic acids is 1. The number of benzene rings is 2. The van der Waals surface area contributed by atoms with Crippen molar-refractivity contribution in [3.05, 3.63) is 71.3 Å². The van der Waals surface area contributed by atoms with Gasteiger partial charge in [0, 0.05) is 0 Å². The molecule has 1 N–H and O–H groups in total. The summed E-state index contributed by atoms with van der Waals surface area (Å²) in [4.78, 5) is 16.6. The number of amides is 1. The second kappa shape index (κ2) is 7.53. The first-order valence-corrected chi connectivity index (χ1v) is 8.23. The molecule has 0 aliphatic carbocycles. The van der Waals surface area contributed by atoms with Gasteiger partial charge in [-0.15, -0.1) is 5.10 Å². The summed E-state index contributed by atoms with van der Waals surface area (Å²) in [7, 11) is 1.38. The van der Waals surface area contributed by atoms with E-state index in [4.69, 9.17) is 4.74 Å². The van der Waals surface area contributed by atoms with E-state index in [2.05, 4.69) is 15.4 Å². The van der Waals surface area contributed by atoms with Crippen molar-refractivity contribution in [2.24, 2.45) is 0 Å². The highest BCUT2D eigenvalue weighted by Crippen LogP contribution is 2.22. The maximum atomic E-state index is 13.9. The maximum absolute atomic E-state index is 13.9. The van der Waals surface area contributed by atoms with Crippen molar-refractivity contribution in [2.75, 3.05) is 7.11 Å². The van der Waals surface area contributed by atoms with Gasteiger partial charge in [-0.05, 0) is 55.8 Å². The molecule has 8 heteroatoms. The predicted molar refractivity (Wildman–Crippen MR) is 94.9 cm³/mol. The number of methoxy groups -OCH3 is 1. The largest absolute Gasteiger partial charge is 0.494 e. The van der Waals surface area contributed by atoms with Crippen molar-refractivity contribution < 1.29 is 18.3 Å². The lowest BCUT2D eigenvalue weighted by atomic mass is 10.1. The van der Waals surface area contributed by atoms with Gasteiger partial charge in [0.2, 0.25) is 5.82 Å². The molecular formula is C19H18F2N4O2. The van der Waals surface area contributed by atoms with Gasteiger partial charge < -0.3 is 10.1 Å². The summed E-state index contributed by atoms with van der Waals surface area (Å²) in [5.74, 6) is -0.788. The minimum absolute atomic E-state index is 0.0299. The van der Waals surface area contributed by atoms with Crippen molar-refractivity contribution in [3.63, 3.8) is 0 Å². The second-order valence-electron chi connectivity index (χ2n) is 5.96. The number of ether oxygens (including phenoxy) is 1. The van der Waals surface area contributed by atoms with E-state index in [0.29, 0.717) is 17.1 Å². The van der Waals surface area contributed by atoms with E-state index < -0.39 is 17.8 Å². The van der Waals surface area contributed by atoms with Crippen LogP contribution in [0.1, 0.15) is 35.0 Å². The topological polar surface area (TPSA) is 69.0 Å². The number of hydrogen-bond donors (Lipinski definition) is 1. The van der Waals surface area contributed by atoms with Crippen LogP contribution in [0.2, 0.25) is 0 Å². The van der Waals surface area contributed by atoms with Crippen LogP contribution in [0.15, 0.2) is 42.5 Å². The average Bonchev–Trinajstić information content (AvgIpc) is 3.04. The lowest BCUT2D eigenvalue weighted by molar-refractivity contribution is 0.0929. The van der Waals surface area contributed by atoms with E-state index in [1.165, 1.54) is 36.1 Å². The van der Waals surface area contributed by atoms with Crippen molar-refractivity contribution in [1.82, 2.24) is 20.1 Å². The minimum atomic E-state index is -0.509. The van der Waals surface area contributed by atoms with Crippen LogP contribution in [-0.4, -0.2) is 27.8 Å². The summed E-state index contributed by atoms with van der Waals surface area (Å²) in [5, 5.41) is 6.91. The van der Waals surface area contributed by atoms with Crippen LogP contribution in [0.25, 0.3) is 5.69 Å². The van der Waals surface area contributed by atoms with Gasteiger partial charge in [0.1, 0.15) is 11.6 Å². The van der Waals surface area contributed by atoms with E-state index >= 15 is 0 Å². The zero-order chi connectivity index (χ0) is 19.6. The van der Waals surface area contributed by atoms with Crippen molar-refractivity contribution in [1.29, 1.82) is 0 Å². The van der Waals surface area contributed by atoms with Crippen molar-refractivity contribution in [3.8, 4) is 11.4 Å². The molecule has 2 aromatic carbocycles. The molecule has 1 atom stereocenters. The zero-order valence-corrected chi connectivity index (χ0v) is 15.0. The van der Waals surface area contributed by atoms with Gasteiger partial charge in [-0.3, -0.25) is 4.79 Å². The summed E-state index contributed by atoms with van der Waals surface area (Å²) in [6.07, 6.45) is 0. The van der Waals surface area contributed by atoms with Crippen LogP contribution < -0.4 is 10.1 Å². The number of nitrogens with zero attached hydrogens (tertiary/aromatic N) is 3. The quantitative estimate of drug-likeness (QED) is 0.746. The second-order valence-corrected chi connectivity index (χ2v) is 5.96. The van der Waals surface area contributed by atoms with E-state index in [-0.39, 0.29) is 17.4 Å². The Bertz CT molecular complexity index is 970.